The van der Waals surface area contributed by atoms with E-state index in [4.69, 9.17) is 10.8 Å². The third-order valence-corrected chi connectivity index (χ3v) is 1.05. The lowest BCUT2D eigenvalue weighted by molar-refractivity contribution is -0.132. The van der Waals surface area contributed by atoms with Crippen molar-refractivity contribution in [2.75, 3.05) is 0 Å². The molecular formula is C7H11NO2. The van der Waals surface area contributed by atoms with E-state index in [1.54, 1.807) is 6.08 Å². The van der Waals surface area contributed by atoms with E-state index in [9.17, 15) is 4.79 Å². The highest BCUT2D eigenvalue weighted by Crippen LogP contribution is 2.01. The maximum atomic E-state index is 10.1. The van der Waals surface area contributed by atoms with Crippen LogP contribution in [0.1, 0.15) is 12.8 Å². The fourth-order valence-electron chi connectivity index (χ4n) is 0.461. The topological polar surface area (TPSA) is 63.3 Å². The van der Waals surface area contributed by atoms with Gasteiger partial charge in [-0.3, -0.25) is 0 Å². The van der Waals surface area contributed by atoms with Crippen molar-refractivity contribution >= 4 is 5.97 Å². The van der Waals surface area contributed by atoms with E-state index in [0.717, 1.165) is 0 Å². The van der Waals surface area contributed by atoms with Gasteiger partial charge in [0.2, 0.25) is 0 Å². The molecule has 0 radical (unpaired) electrons. The van der Waals surface area contributed by atoms with E-state index in [1.807, 2.05) is 0 Å². The summed E-state index contributed by atoms with van der Waals surface area (Å²) in [6.45, 7) is 3.35. The monoisotopic (exact) mass is 141 g/mol. The molecule has 3 nitrogen and oxygen atoms in total. The summed E-state index contributed by atoms with van der Waals surface area (Å²) in [4.78, 5) is 10.1. The van der Waals surface area contributed by atoms with E-state index in [0.29, 0.717) is 12.8 Å². The molecule has 3 N–H and O–H groups in total. The Morgan fingerprint density at radius 1 is 1.70 bits per heavy atom. The van der Waals surface area contributed by atoms with Crippen LogP contribution in [0.2, 0.25) is 0 Å². The molecule has 0 atom stereocenters. The third kappa shape index (κ3) is 3.72. The molecule has 0 aromatic rings. The van der Waals surface area contributed by atoms with E-state index in [1.165, 1.54) is 6.20 Å². The first-order valence-corrected chi connectivity index (χ1v) is 2.96. The van der Waals surface area contributed by atoms with Crippen molar-refractivity contribution in [3.63, 3.8) is 0 Å². The second-order valence-electron chi connectivity index (χ2n) is 1.88. The average Bonchev–Trinajstić information content (AvgIpc) is 1.88. The van der Waals surface area contributed by atoms with E-state index in [2.05, 4.69) is 6.58 Å². The molecule has 0 aliphatic carbocycles. The van der Waals surface area contributed by atoms with Crippen molar-refractivity contribution in [3.8, 4) is 0 Å². The molecule has 0 amide bonds. The van der Waals surface area contributed by atoms with Gasteiger partial charge in [0.25, 0.3) is 0 Å². The molecule has 0 unspecified atom stereocenters. The maximum Gasteiger partial charge on any atom is 0.330 e. The summed E-state index contributed by atoms with van der Waals surface area (Å²) < 4.78 is 0. The number of allylic oxidation sites excluding steroid dienone is 1. The highest BCUT2D eigenvalue weighted by Gasteiger charge is 2.00. The number of carbonyl (C=O) groups is 1. The lowest BCUT2D eigenvalue weighted by Gasteiger charge is -1.93. The molecule has 3 heteroatoms. The standard InChI is InChI=1S/C7H11NO2/c1-6(7(9)10)4-2-3-5-8/h3,5H,1-2,4,8H2,(H,9,10). The zero-order chi connectivity index (χ0) is 7.98. The Kier molecular flexibility index (Phi) is 4.04. The van der Waals surface area contributed by atoms with Crippen LogP contribution >= 0.6 is 0 Å². The number of hydrogen-bond donors (Lipinski definition) is 2. The molecule has 56 valence electrons. The van der Waals surface area contributed by atoms with E-state index >= 15 is 0 Å². The molecule has 0 aromatic carbocycles. The molecule has 0 fully saturated rings. The van der Waals surface area contributed by atoms with Crippen LogP contribution in [0.15, 0.2) is 24.4 Å². The highest BCUT2D eigenvalue weighted by molar-refractivity contribution is 5.85. The molecule has 0 heterocycles. The molecule has 10 heavy (non-hydrogen) atoms. The van der Waals surface area contributed by atoms with Gasteiger partial charge in [-0.2, -0.15) is 0 Å². The number of carboxylic acids is 1. The molecular weight excluding hydrogens is 130 g/mol. The Morgan fingerprint density at radius 2 is 2.30 bits per heavy atom. The Bertz CT molecular complexity index is 161. The normalized spacial score (nSPS) is 10.0. The summed E-state index contributed by atoms with van der Waals surface area (Å²) in [6.07, 6.45) is 4.20. The molecule has 0 aliphatic rings. The number of nitrogens with two attached hydrogens (primary N) is 1. The van der Waals surface area contributed by atoms with Gasteiger partial charge in [0.1, 0.15) is 0 Å². The molecule has 0 saturated heterocycles. The van der Waals surface area contributed by atoms with Crippen LogP contribution in [0.3, 0.4) is 0 Å². The summed E-state index contributed by atoms with van der Waals surface area (Å²) in [6, 6.07) is 0. The maximum absolute atomic E-state index is 10.1. The number of hydrogen-bond acceptors (Lipinski definition) is 2. The van der Waals surface area contributed by atoms with Crippen LogP contribution in [-0.4, -0.2) is 11.1 Å². The summed E-state index contributed by atoms with van der Waals surface area (Å²) in [5, 5.41) is 8.33. The summed E-state index contributed by atoms with van der Waals surface area (Å²) >= 11 is 0. The van der Waals surface area contributed by atoms with Crippen LogP contribution in [0.5, 0.6) is 0 Å². The van der Waals surface area contributed by atoms with Gasteiger partial charge in [0.05, 0.1) is 0 Å². The number of rotatable bonds is 4. The fraction of sp³-hybridized carbons (Fsp3) is 0.286. The van der Waals surface area contributed by atoms with Crippen LogP contribution in [0.25, 0.3) is 0 Å². The minimum absolute atomic E-state index is 0.220. The zero-order valence-electron chi connectivity index (χ0n) is 5.71. The quantitative estimate of drug-likeness (QED) is 0.571. The smallest absolute Gasteiger partial charge is 0.330 e. The zero-order valence-corrected chi connectivity index (χ0v) is 5.71. The van der Waals surface area contributed by atoms with Gasteiger partial charge in [-0.15, -0.1) is 0 Å². The first kappa shape index (κ1) is 8.75. The minimum atomic E-state index is -0.939. The van der Waals surface area contributed by atoms with Gasteiger partial charge in [-0.25, -0.2) is 4.79 Å². The molecule has 0 rings (SSSR count). The molecule has 0 bridgehead atoms. The van der Waals surface area contributed by atoms with Crippen molar-refractivity contribution in [2.45, 2.75) is 12.8 Å². The van der Waals surface area contributed by atoms with Gasteiger partial charge in [0, 0.05) is 5.57 Å². The van der Waals surface area contributed by atoms with Gasteiger partial charge < -0.3 is 10.8 Å². The first-order valence-electron chi connectivity index (χ1n) is 2.96. The third-order valence-electron chi connectivity index (χ3n) is 1.05. The molecule has 0 spiro atoms. The lowest BCUT2D eigenvalue weighted by Crippen LogP contribution is -1.97. The predicted octanol–water partition coefficient (Wildman–Crippen LogP) is 0.880. The largest absolute Gasteiger partial charge is 0.478 e. The Morgan fingerprint density at radius 3 is 2.70 bits per heavy atom. The van der Waals surface area contributed by atoms with Crippen LogP contribution < -0.4 is 5.73 Å². The average molecular weight is 141 g/mol. The second kappa shape index (κ2) is 4.61. The highest BCUT2D eigenvalue weighted by atomic mass is 16.4. The molecule has 0 aliphatic heterocycles. The Labute approximate surface area is 59.8 Å². The van der Waals surface area contributed by atoms with Gasteiger partial charge in [-0.05, 0) is 19.0 Å². The first-order chi connectivity index (χ1) is 4.68. The lowest BCUT2D eigenvalue weighted by atomic mass is 10.2. The van der Waals surface area contributed by atoms with E-state index < -0.39 is 5.97 Å². The van der Waals surface area contributed by atoms with E-state index in [-0.39, 0.29) is 5.57 Å². The summed E-state index contributed by atoms with van der Waals surface area (Å²) in [7, 11) is 0. The van der Waals surface area contributed by atoms with Crippen molar-refractivity contribution in [3.05, 3.63) is 24.4 Å². The second-order valence-corrected chi connectivity index (χ2v) is 1.88. The molecule has 0 saturated carbocycles. The predicted molar refractivity (Wildman–Crippen MR) is 39.3 cm³/mol. The van der Waals surface area contributed by atoms with Crippen molar-refractivity contribution in [1.29, 1.82) is 0 Å². The molecule has 0 aromatic heterocycles. The van der Waals surface area contributed by atoms with Crippen molar-refractivity contribution < 1.29 is 9.90 Å². The number of carboxylic acid groups (broad SMARTS) is 1. The minimum Gasteiger partial charge on any atom is -0.478 e. The van der Waals surface area contributed by atoms with Crippen LogP contribution in [0, 0.1) is 0 Å². The number of aliphatic carboxylic acids is 1. The van der Waals surface area contributed by atoms with Gasteiger partial charge in [-0.1, -0.05) is 12.7 Å². The SMILES string of the molecule is C=C(CCC=CN)C(=O)O. The van der Waals surface area contributed by atoms with Crippen LogP contribution in [0.4, 0.5) is 0 Å². The Hall–Kier alpha value is -1.25. The fourth-order valence-corrected chi connectivity index (χ4v) is 0.461. The van der Waals surface area contributed by atoms with Crippen molar-refractivity contribution in [1.82, 2.24) is 0 Å². The van der Waals surface area contributed by atoms with Gasteiger partial charge in [0.15, 0.2) is 0 Å². The van der Waals surface area contributed by atoms with Gasteiger partial charge >= 0.3 is 5.97 Å². The Balaban J connectivity index is 3.50. The van der Waals surface area contributed by atoms with Crippen molar-refractivity contribution in [2.24, 2.45) is 5.73 Å². The van der Waals surface area contributed by atoms with Crippen LogP contribution in [-0.2, 0) is 4.79 Å². The summed E-state index contributed by atoms with van der Waals surface area (Å²) in [5.74, 6) is -0.939. The summed E-state index contributed by atoms with van der Waals surface area (Å²) in [5.41, 5.74) is 5.25.